The number of nitrogens with one attached hydrogen (secondary N) is 1. The van der Waals surface area contributed by atoms with Crippen LogP contribution in [0.4, 0.5) is 11.4 Å². The van der Waals surface area contributed by atoms with Gasteiger partial charge in [0.15, 0.2) is 9.84 Å². The normalized spacial score (nSPS) is 15.6. The van der Waals surface area contributed by atoms with Crippen molar-refractivity contribution in [2.45, 2.75) is 44.0 Å². The van der Waals surface area contributed by atoms with Gasteiger partial charge in [0.2, 0.25) is 11.8 Å². The monoisotopic (exact) mass is 430 g/mol. The van der Waals surface area contributed by atoms with Crippen molar-refractivity contribution in [2.75, 3.05) is 23.1 Å². The lowest BCUT2D eigenvalue weighted by Crippen LogP contribution is -2.35. The number of carbonyl (C=O) groups is 2. The van der Waals surface area contributed by atoms with Crippen LogP contribution in [0.2, 0.25) is 0 Å². The van der Waals surface area contributed by atoms with Gasteiger partial charge in [0.25, 0.3) is 0 Å². The van der Waals surface area contributed by atoms with Crippen LogP contribution in [0.3, 0.4) is 0 Å². The lowest BCUT2D eigenvalue weighted by Gasteiger charge is -2.22. The second-order valence-electron chi connectivity index (χ2n) is 7.28. The second kappa shape index (κ2) is 8.87. The molecule has 0 saturated carbocycles. The topological polar surface area (TPSA) is 92.8 Å². The molecule has 30 heavy (non-hydrogen) atoms. The van der Waals surface area contributed by atoms with Crippen LogP contribution in [-0.2, 0) is 25.8 Å². The van der Waals surface area contributed by atoms with E-state index in [9.17, 15) is 18.0 Å². The van der Waals surface area contributed by atoms with Crippen LogP contribution in [0.25, 0.3) is 0 Å². The largest absolute Gasteiger partial charge is 0.495 e. The standard InChI is InChI=1S/C22H26N2O5S/c1-4-22(26)24-15(2)13-16-14-17(9-10-19(16)24)30(27,28)12-11-21(25)23-18-7-5-6-8-20(18)29-3/h5-10,14-15H,4,11-13H2,1-3H3,(H,23,25). The molecule has 1 N–H and O–H groups in total. The van der Waals surface area contributed by atoms with Crippen molar-refractivity contribution in [2.24, 2.45) is 0 Å². The predicted molar refractivity (Wildman–Crippen MR) is 116 cm³/mol. The lowest BCUT2D eigenvalue weighted by atomic mass is 10.1. The third kappa shape index (κ3) is 4.48. The highest BCUT2D eigenvalue weighted by Crippen LogP contribution is 2.34. The molecule has 0 spiro atoms. The number of nitrogens with zero attached hydrogens (tertiary/aromatic N) is 1. The predicted octanol–water partition coefficient (Wildman–Crippen LogP) is 3.19. The Morgan fingerprint density at radius 2 is 1.93 bits per heavy atom. The van der Waals surface area contributed by atoms with Crippen molar-refractivity contribution in [3.63, 3.8) is 0 Å². The van der Waals surface area contributed by atoms with E-state index in [4.69, 9.17) is 4.74 Å². The first-order valence-corrected chi connectivity index (χ1v) is 11.5. The molecule has 2 amide bonds. The Labute approximate surface area is 177 Å². The molecule has 8 heteroatoms. The van der Waals surface area contributed by atoms with Crippen molar-refractivity contribution >= 4 is 33.0 Å². The molecule has 1 unspecified atom stereocenters. The number of hydrogen-bond acceptors (Lipinski definition) is 5. The molecule has 0 aromatic heterocycles. The van der Waals surface area contributed by atoms with Crippen LogP contribution in [0.5, 0.6) is 5.75 Å². The number of ether oxygens (including phenoxy) is 1. The summed E-state index contributed by atoms with van der Waals surface area (Å²) in [5.74, 6) is -0.185. The minimum absolute atomic E-state index is 0.00275. The number of methoxy groups -OCH3 is 1. The average molecular weight is 431 g/mol. The molecular formula is C22H26N2O5S. The third-order valence-electron chi connectivity index (χ3n) is 5.18. The molecule has 3 rings (SSSR count). The number of para-hydroxylation sites is 2. The number of rotatable bonds is 7. The maximum atomic E-state index is 12.8. The Kier molecular flexibility index (Phi) is 6.45. The van der Waals surface area contributed by atoms with Crippen LogP contribution in [-0.4, -0.2) is 39.1 Å². The van der Waals surface area contributed by atoms with Crippen molar-refractivity contribution in [3.05, 3.63) is 48.0 Å². The van der Waals surface area contributed by atoms with E-state index >= 15 is 0 Å². The van der Waals surface area contributed by atoms with E-state index in [0.717, 1.165) is 11.3 Å². The average Bonchev–Trinajstić information content (AvgIpc) is 3.07. The Balaban J connectivity index is 1.70. The highest BCUT2D eigenvalue weighted by molar-refractivity contribution is 7.91. The van der Waals surface area contributed by atoms with E-state index < -0.39 is 15.7 Å². The summed E-state index contributed by atoms with van der Waals surface area (Å²) in [6, 6.07) is 11.8. The Morgan fingerprint density at radius 3 is 2.63 bits per heavy atom. The fourth-order valence-electron chi connectivity index (χ4n) is 3.66. The molecule has 2 aromatic rings. The van der Waals surface area contributed by atoms with E-state index in [2.05, 4.69) is 5.32 Å². The van der Waals surface area contributed by atoms with Gasteiger partial charge in [-0.1, -0.05) is 19.1 Å². The first kappa shape index (κ1) is 21.8. The maximum absolute atomic E-state index is 12.8. The first-order valence-electron chi connectivity index (χ1n) is 9.87. The minimum atomic E-state index is -3.64. The second-order valence-corrected chi connectivity index (χ2v) is 9.39. The van der Waals surface area contributed by atoms with Gasteiger partial charge in [-0.3, -0.25) is 9.59 Å². The highest BCUT2D eigenvalue weighted by Gasteiger charge is 2.31. The van der Waals surface area contributed by atoms with Gasteiger partial charge in [-0.2, -0.15) is 0 Å². The Morgan fingerprint density at radius 1 is 1.20 bits per heavy atom. The van der Waals surface area contributed by atoms with Gasteiger partial charge in [0.1, 0.15) is 5.75 Å². The molecule has 1 aliphatic heterocycles. The number of benzene rings is 2. The van der Waals surface area contributed by atoms with Crippen LogP contribution in [0, 0.1) is 0 Å². The van der Waals surface area contributed by atoms with E-state index in [-0.39, 0.29) is 29.0 Å². The summed E-state index contributed by atoms with van der Waals surface area (Å²) in [4.78, 5) is 26.4. The zero-order valence-electron chi connectivity index (χ0n) is 17.3. The molecule has 1 atom stereocenters. The van der Waals surface area contributed by atoms with Gasteiger partial charge in [0, 0.05) is 24.6 Å². The summed E-state index contributed by atoms with van der Waals surface area (Å²) in [6.07, 6.45) is 0.832. The van der Waals surface area contributed by atoms with Gasteiger partial charge in [-0.15, -0.1) is 0 Å². The number of hydrogen-bond donors (Lipinski definition) is 1. The van der Waals surface area contributed by atoms with Gasteiger partial charge in [-0.05, 0) is 49.2 Å². The molecule has 0 saturated heterocycles. The summed E-state index contributed by atoms with van der Waals surface area (Å²) in [5.41, 5.74) is 2.10. The van der Waals surface area contributed by atoms with E-state index in [1.165, 1.54) is 13.2 Å². The minimum Gasteiger partial charge on any atom is -0.495 e. The van der Waals surface area contributed by atoms with Gasteiger partial charge in [0.05, 0.1) is 23.4 Å². The first-order chi connectivity index (χ1) is 14.3. The van der Waals surface area contributed by atoms with Gasteiger partial charge in [-0.25, -0.2) is 8.42 Å². The SMILES string of the molecule is CCC(=O)N1c2ccc(S(=O)(=O)CCC(=O)Nc3ccccc3OC)cc2CC1C. The molecule has 1 aliphatic rings. The highest BCUT2D eigenvalue weighted by atomic mass is 32.2. The molecule has 0 bridgehead atoms. The van der Waals surface area contributed by atoms with Crippen molar-refractivity contribution in [3.8, 4) is 5.75 Å². The fourth-order valence-corrected chi connectivity index (χ4v) is 4.94. The smallest absolute Gasteiger partial charge is 0.226 e. The maximum Gasteiger partial charge on any atom is 0.226 e. The fraction of sp³-hybridized carbons (Fsp3) is 0.364. The van der Waals surface area contributed by atoms with Crippen LogP contribution in [0.1, 0.15) is 32.3 Å². The number of anilines is 2. The summed E-state index contributed by atoms with van der Waals surface area (Å²) in [6.45, 7) is 3.76. The quantitative estimate of drug-likeness (QED) is 0.728. The van der Waals surface area contributed by atoms with Gasteiger partial charge >= 0.3 is 0 Å². The van der Waals surface area contributed by atoms with Gasteiger partial charge < -0.3 is 15.0 Å². The van der Waals surface area contributed by atoms with Crippen LogP contribution in [0.15, 0.2) is 47.4 Å². The van der Waals surface area contributed by atoms with Crippen molar-refractivity contribution in [1.82, 2.24) is 0 Å². The third-order valence-corrected chi connectivity index (χ3v) is 6.89. The molecule has 7 nitrogen and oxygen atoms in total. The molecular weight excluding hydrogens is 404 g/mol. The van der Waals surface area contributed by atoms with E-state index in [1.807, 2.05) is 13.8 Å². The Bertz CT molecular complexity index is 1060. The molecule has 0 aliphatic carbocycles. The molecule has 1 heterocycles. The summed E-state index contributed by atoms with van der Waals surface area (Å²) >= 11 is 0. The van der Waals surface area contributed by atoms with Crippen molar-refractivity contribution in [1.29, 1.82) is 0 Å². The summed E-state index contributed by atoms with van der Waals surface area (Å²) < 4.78 is 30.7. The van der Waals surface area contributed by atoms with E-state index in [0.29, 0.717) is 24.3 Å². The lowest BCUT2D eigenvalue weighted by molar-refractivity contribution is -0.118. The number of sulfone groups is 1. The summed E-state index contributed by atoms with van der Waals surface area (Å²) in [7, 11) is -2.14. The molecule has 0 radical (unpaired) electrons. The number of amides is 2. The Hall–Kier alpha value is -2.87. The zero-order chi connectivity index (χ0) is 21.9. The molecule has 160 valence electrons. The number of fused-ring (bicyclic) bond motifs is 1. The molecule has 2 aromatic carbocycles. The van der Waals surface area contributed by atoms with Crippen LogP contribution < -0.4 is 15.0 Å². The van der Waals surface area contributed by atoms with Crippen molar-refractivity contribution < 1.29 is 22.7 Å². The molecule has 0 fully saturated rings. The zero-order valence-corrected chi connectivity index (χ0v) is 18.2. The van der Waals surface area contributed by atoms with E-state index in [1.54, 1.807) is 41.3 Å². The summed E-state index contributed by atoms with van der Waals surface area (Å²) in [5, 5.41) is 2.69. The number of carbonyl (C=O) groups excluding carboxylic acids is 2. The van der Waals surface area contributed by atoms with Crippen LogP contribution >= 0.6 is 0 Å².